The Balaban J connectivity index is 1.31. The summed E-state index contributed by atoms with van der Waals surface area (Å²) in [6.07, 6.45) is 5.55. The summed E-state index contributed by atoms with van der Waals surface area (Å²) in [5.41, 5.74) is 1.97. The quantitative estimate of drug-likeness (QED) is 0.709. The van der Waals surface area contributed by atoms with E-state index in [-0.39, 0.29) is 11.8 Å². The van der Waals surface area contributed by atoms with Gasteiger partial charge in [0.25, 0.3) is 0 Å². The normalized spacial score (nSPS) is 18.3. The number of hydrogen-bond acceptors (Lipinski definition) is 6. The molecule has 1 saturated carbocycles. The molecule has 1 N–H and O–H groups in total. The molecule has 1 aliphatic heterocycles. The van der Waals surface area contributed by atoms with Gasteiger partial charge in [-0.2, -0.15) is 0 Å². The van der Waals surface area contributed by atoms with Crippen molar-refractivity contribution in [3.05, 3.63) is 29.1 Å². The molecule has 1 amide bonds. The minimum atomic E-state index is 0.124. The Bertz CT molecular complexity index is 825. The summed E-state index contributed by atoms with van der Waals surface area (Å²) in [6.45, 7) is 7.22. The first-order valence-electron chi connectivity index (χ1n) is 11.0. The largest absolute Gasteiger partial charge is 0.492 e. The number of carbonyl (C=O) groups excluding carboxylic acids is 1. The average Bonchev–Trinajstić information content (AvgIpc) is 3.15. The molecule has 0 atom stereocenters. The molecule has 0 radical (unpaired) electrons. The summed E-state index contributed by atoms with van der Waals surface area (Å²) in [5, 5.41) is 3.74. The molecule has 7 heteroatoms. The lowest BCUT2D eigenvalue weighted by Crippen LogP contribution is -2.38. The van der Waals surface area contributed by atoms with Crippen LogP contribution in [-0.4, -0.2) is 55.2 Å². The Hall–Kier alpha value is -1.96. The van der Waals surface area contributed by atoms with Gasteiger partial charge in [-0.05, 0) is 44.0 Å². The second-order valence-electron chi connectivity index (χ2n) is 8.07. The summed E-state index contributed by atoms with van der Waals surface area (Å²) in [7, 11) is 0. The predicted octanol–water partition coefficient (Wildman–Crippen LogP) is 4.35. The first-order valence-corrected chi connectivity index (χ1v) is 11.8. The summed E-state index contributed by atoms with van der Waals surface area (Å²) in [5.74, 6) is 1.13. The smallest absolute Gasteiger partial charge is 0.229 e. The van der Waals surface area contributed by atoms with E-state index in [2.05, 4.69) is 17.1 Å². The molecular weight excluding hydrogens is 398 g/mol. The molecule has 6 nitrogen and oxygen atoms in total. The second-order valence-corrected chi connectivity index (χ2v) is 9.28. The minimum absolute atomic E-state index is 0.124. The van der Waals surface area contributed by atoms with E-state index in [9.17, 15) is 4.79 Å². The Labute approximate surface area is 182 Å². The van der Waals surface area contributed by atoms with Crippen molar-refractivity contribution in [2.24, 2.45) is 5.92 Å². The zero-order valence-corrected chi connectivity index (χ0v) is 18.5. The maximum Gasteiger partial charge on any atom is 0.229 e. The second kappa shape index (κ2) is 10.4. The van der Waals surface area contributed by atoms with E-state index in [0.717, 1.165) is 80.4 Å². The van der Waals surface area contributed by atoms with E-state index in [1.54, 1.807) is 11.3 Å². The molecule has 1 saturated heterocycles. The third-order valence-electron chi connectivity index (χ3n) is 5.91. The van der Waals surface area contributed by atoms with Crippen LogP contribution in [0.1, 0.15) is 37.0 Å². The number of nitrogens with one attached hydrogen (secondary N) is 1. The van der Waals surface area contributed by atoms with Gasteiger partial charge in [0.1, 0.15) is 12.4 Å². The van der Waals surface area contributed by atoms with Crippen molar-refractivity contribution in [1.29, 1.82) is 0 Å². The third kappa shape index (κ3) is 5.59. The number of benzene rings is 1. The lowest BCUT2D eigenvalue weighted by atomic mass is 9.89. The molecule has 2 fully saturated rings. The highest BCUT2D eigenvalue weighted by Gasteiger charge is 2.22. The van der Waals surface area contributed by atoms with Gasteiger partial charge in [-0.3, -0.25) is 9.69 Å². The standard InChI is InChI=1S/C23H31N3O3S/c1-17-21(24-23(30-17)25-22(27)19-5-3-2-4-6-19)18-7-9-20(10-8-18)29-16-13-26-11-14-28-15-12-26/h7-10,19H,2-6,11-16H2,1H3,(H,24,25,27). The Kier molecular flexibility index (Phi) is 7.36. The topological polar surface area (TPSA) is 63.7 Å². The SMILES string of the molecule is Cc1sc(NC(=O)C2CCCCC2)nc1-c1ccc(OCCN2CCOCC2)cc1. The van der Waals surface area contributed by atoms with Crippen molar-refractivity contribution in [2.45, 2.75) is 39.0 Å². The molecule has 0 bridgehead atoms. The van der Waals surface area contributed by atoms with Crippen molar-refractivity contribution >= 4 is 22.4 Å². The fraction of sp³-hybridized carbons (Fsp3) is 0.565. The molecule has 4 rings (SSSR count). The fourth-order valence-electron chi connectivity index (χ4n) is 4.12. The monoisotopic (exact) mass is 429 g/mol. The van der Waals surface area contributed by atoms with Crippen LogP contribution < -0.4 is 10.1 Å². The van der Waals surface area contributed by atoms with Gasteiger partial charge in [0, 0.05) is 36.0 Å². The summed E-state index contributed by atoms with van der Waals surface area (Å²) in [6, 6.07) is 8.07. The van der Waals surface area contributed by atoms with Crippen molar-refractivity contribution in [1.82, 2.24) is 9.88 Å². The zero-order valence-electron chi connectivity index (χ0n) is 17.7. The summed E-state index contributed by atoms with van der Waals surface area (Å²) in [4.78, 5) is 20.7. The number of hydrogen-bond donors (Lipinski definition) is 1. The summed E-state index contributed by atoms with van der Waals surface area (Å²) < 4.78 is 11.3. The Morgan fingerprint density at radius 3 is 2.67 bits per heavy atom. The van der Waals surface area contributed by atoms with Gasteiger partial charge < -0.3 is 14.8 Å². The van der Waals surface area contributed by atoms with Gasteiger partial charge in [-0.1, -0.05) is 19.3 Å². The van der Waals surface area contributed by atoms with Gasteiger partial charge in [-0.15, -0.1) is 11.3 Å². The van der Waals surface area contributed by atoms with Crippen molar-refractivity contribution in [2.75, 3.05) is 44.8 Å². The molecule has 0 unspecified atom stereocenters. The number of anilines is 1. The number of carbonyl (C=O) groups is 1. The van der Waals surface area contributed by atoms with Gasteiger partial charge in [0.05, 0.1) is 18.9 Å². The van der Waals surface area contributed by atoms with Crippen LogP contribution in [0.25, 0.3) is 11.3 Å². The predicted molar refractivity (Wildman–Crippen MR) is 120 cm³/mol. The number of ether oxygens (including phenoxy) is 2. The molecular formula is C23H31N3O3S. The number of nitrogens with zero attached hydrogens (tertiary/aromatic N) is 2. The molecule has 1 aromatic carbocycles. The van der Waals surface area contributed by atoms with Crippen molar-refractivity contribution in [3.63, 3.8) is 0 Å². The first kappa shape index (κ1) is 21.3. The number of aromatic nitrogens is 1. The molecule has 0 spiro atoms. The molecule has 2 aliphatic rings. The van der Waals surface area contributed by atoms with Crippen molar-refractivity contribution < 1.29 is 14.3 Å². The minimum Gasteiger partial charge on any atom is -0.492 e. The molecule has 162 valence electrons. The third-order valence-corrected chi connectivity index (χ3v) is 6.80. The highest BCUT2D eigenvalue weighted by molar-refractivity contribution is 7.16. The van der Waals surface area contributed by atoms with Crippen molar-refractivity contribution in [3.8, 4) is 17.0 Å². The number of morpholine rings is 1. The average molecular weight is 430 g/mol. The highest BCUT2D eigenvalue weighted by Crippen LogP contribution is 2.32. The zero-order chi connectivity index (χ0) is 20.8. The van der Waals surface area contributed by atoms with E-state index in [0.29, 0.717) is 11.7 Å². The molecule has 1 aliphatic carbocycles. The van der Waals surface area contributed by atoms with Crippen LogP contribution in [0.3, 0.4) is 0 Å². The first-order chi connectivity index (χ1) is 14.7. The highest BCUT2D eigenvalue weighted by atomic mass is 32.1. The van der Waals surface area contributed by atoms with Crippen LogP contribution >= 0.6 is 11.3 Å². The maximum atomic E-state index is 12.5. The van der Waals surface area contributed by atoms with E-state index in [1.165, 1.54) is 6.42 Å². The number of rotatable bonds is 7. The van der Waals surface area contributed by atoms with Crippen LogP contribution in [0.5, 0.6) is 5.75 Å². The summed E-state index contributed by atoms with van der Waals surface area (Å²) >= 11 is 1.55. The van der Waals surface area contributed by atoms with E-state index in [1.807, 2.05) is 24.3 Å². The van der Waals surface area contributed by atoms with E-state index >= 15 is 0 Å². The molecule has 2 heterocycles. The van der Waals surface area contributed by atoms with Gasteiger partial charge in [0.2, 0.25) is 5.91 Å². The van der Waals surface area contributed by atoms with E-state index < -0.39 is 0 Å². The van der Waals surface area contributed by atoms with Crippen LogP contribution in [0.15, 0.2) is 24.3 Å². The van der Waals surface area contributed by atoms with E-state index in [4.69, 9.17) is 14.5 Å². The van der Waals surface area contributed by atoms with Gasteiger partial charge in [0.15, 0.2) is 5.13 Å². The Morgan fingerprint density at radius 1 is 1.20 bits per heavy atom. The van der Waals surface area contributed by atoms with Crippen LogP contribution in [0.2, 0.25) is 0 Å². The molecule has 30 heavy (non-hydrogen) atoms. The fourth-order valence-corrected chi connectivity index (χ4v) is 4.96. The number of aryl methyl sites for hydroxylation is 1. The lowest BCUT2D eigenvalue weighted by molar-refractivity contribution is -0.120. The van der Waals surface area contributed by atoms with Gasteiger partial charge >= 0.3 is 0 Å². The maximum absolute atomic E-state index is 12.5. The van der Waals surface area contributed by atoms with Crippen LogP contribution in [-0.2, 0) is 9.53 Å². The molecule has 1 aromatic heterocycles. The molecule has 2 aromatic rings. The number of amides is 1. The van der Waals surface area contributed by atoms with Crippen LogP contribution in [0.4, 0.5) is 5.13 Å². The Morgan fingerprint density at radius 2 is 1.93 bits per heavy atom. The number of thiazole rings is 1. The van der Waals surface area contributed by atoms with Crippen LogP contribution in [0, 0.1) is 12.8 Å². The van der Waals surface area contributed by atoms with Gasteiger partial charge in [-0.25, -0.2) is 4.98 Å². The lowest BCUT2D eigenvalue weighted by Gasteiger charge is -2.26.